The van der Waals surface area contributed by atoms with E-state index in [4.69, 9.17) is 11.6 Å². The Morgan fingerprint density at radius 2 is 1.86 bits per heavy atom. The third kappa shape index (κ3) is 2.44. The second kappa shape index (κ2) is 5.47. The predicted octanol–water partition coefficient (Wildman–Crippen LogP) is 5.19. The van der Waals surface area contributed by atoms with Gasteiger partial charge < -0.3 is 4.98 Å². The molecule has 2 nitrogen and oxygen atoms in total. The van der Waals surface area contributed by atoms with Gasteiger partial charge in [-0.1, -0.05) is 48.0 Å². The quantitative estimate of drug-likeness (QED) is 0.648. The molecule has 1 aromatic heterocycles. The number of nitrogens with zero attached hydrogens (tertiary/aromatic N) is 1. The number of nitrogens with one attached hydrogen (secondary N) is 1. The summed E-state index contributed by atoms with van der Waals surface area (Å²) in [6.07, 6.45) is 1.90. The van der Waals surface area contributed by atoms with E-state index in [0.717, 1.165) is 27.7 Å². The molecular weight excluding hydrogens is 280 g/mol. The number of benzene rings is 2. The van der Waals surface area contributed by atoms with E-state index in [9.17, 15) is 5.26 Å². The van der Waals surface area contributed by atoms with Gasteiger partial charge in [0, 0.05) is 32.7 Å². The standard InChI is InChI=1S/C18H13ClN2/c1-12-16(15-7-3-5-9-18(15)21-12)10-13(11-20)14-6-2-4-8-17(14)19/h2-10,21H,1H3. The van der Waals surface area contributed by atoms with Crippen molar-refractivity contribution in [2.75, 3.05) is 0 Å². The van der Waals surface area contributed by atoms with Crippen LogP contribution in [-0.2, 0) is 0 Å². The van der Waals surface area contributed by atoms with Crippen LogP contribution in [0.4, 0.5) is 0 Å². The summed E-state index contributed by atoms with van der Waals surface area (Å²) in [5.41, 5.74) is 4.45. The van der Waals surface area contributed by atoms with E-state index in [1.54, 1.807) is 6.07 Å². The lowest BCUT2D eigenvalue weighted by molar-refractivity contribution is 1.29. The highest BCUT2D eigenvalue weighted by atomic mass is 35.5. The van der Waals surface area contributed by atoms with Crippen LogP contribution in [0.15, 0.2) is 48.5 Å². The summed E-state index contributed by atoms with van der Waals surface area (Å²) in [4.78, 5) is 3.34. The van der Waals surface area contributed by atoms with Crippen molar-refractivity contribution in [3.63, 3.8) is 0 Å². The van der Waals surface area contributed by atoms with E-state index in [1.165, 1.54) is 0 Å². The molecule has 1 N–H and O–H groups in total. The number of allylic oxidation sites excluding steroid dienone is 1. The van der Waals surface area contributed by atoms with Crippen molar-refractivity contribution in [1.82, 2.24) is 4.98 Å². The summed E-state index contributed by atoms with van der Waals surface area (Å²) in [6, 6.07) is 17.7. The molecule has 0 saturated heterocycles. The maximum Gasteiger partial charge on any atom is 0.0998 e. The minimum absolute atomic E-state index is 0.563. The zero-order chi connectivity index (χ0) is 14.8. The lowest BCUT2D eigenvalue weighted by atomic mass is 10.0. The van der Waals surface area contributed by atoms with E-state index in [1.807, 2.05) is 55.5 Å². The Labute approximate surface area is 128 Å². The lowest BCUT2D eigenvalue weighted by Gasteiger charge is -2.02. The van der Waals surface area contributed by atoms with Crippen molar-refractivity contribution in [2.45, 2.75) is 6.92 Å². The number of nitriles is 1. The SMILES string of the molecule is Cc1[nH]c2ccccc2c1C=C(C#N)c1ccccc1Cl. The molecule has 0 aliphatic rings. The van der Waals surface area contributed by atoms with Gasteiger partial charge >= 0.3 is 0 Å². The fourth-order valence-corrected chi connectivity index (χ4v) is 2.72. The molecule has 0 aliphatic heterocycles. The first-order valence-corrected chi connectivity index (χ1v) is 7.02. The highest BCUT2D eigenvalue weighted by Gasteiger charge is 2.10. The molecule has 0 bridgehead atoms. The van der Waals surface area contributed by atoms with Crippen LogP contribution in [-0.4, -0.2) is 4.98 Å². The Hall–Kier alpha value is -2.50. The number of hydrogen-bond acceptors (Lipinski definition) is 1. The van der Waals surface area contributed by atoms with Gasteiger partial charge in [-0.15, -0.1) is 0 Å². The molecule has 0 saturated carbocycles. The monoisotopic (exact) mass is 292 g/mol. The van der Waals surface area contributed by atoms with Crippen LogP contribution in [0.5, 0.6) is 0 Å². The van der Waals surface area contributed by atoms with Crippen molar-refractivity contribution in [1.29, 1.82) is 5.26 Å². The van der Waals surface area contributed by atoms with Crippen LogP contribution in [0.2, 0.25) is 5.02 Å². The van der Waals surface area contributed by atoms with Crippen LogP contribution < -0.4 is 0 Å². The van der Waals surface area contributed by atoms with Crippen molar-refractivity contribution in [3.8, 4) is 6.07 Å². The van der Waals surface area contributed by atoms with Crippen molar-refractivity contribution in [2.24, 2.45) is 0 Å². The van der Waals surface area contributed by atoms with E-state index >= 15 is 0 Å². The molecule has 21 heavy (non-hydrogen) atoms. The van der Waals surface area contributed by atoms with E-state index in [-0.39, 0.29) is 0 Å². The number of para-hydroxylation sites is 1. The number of H-pyrrole nitrogens is 1. The first-order valence-electron chi connectivity index (χ1n) is 6.64. The molecule has 0 fully saturated rings. The molecule has 0 aliphatic carbocycles. The summed E-state index contributed by atoms with van der Waals surface area (Å²) in [6.45, 7) is 2.01. The molecule has 3 aromatic rings. The summed E-state index contributed by atoms with van der Waals surface area (Å²) in [7, 11) is 0. The largest absolute Gasteiger partial charge is 0.358 e. The van der Waals surface area contributed by atoms with Gasteiger partial charge in [0.1, 0.15) is 0 Å². The highest BCUT2D eigenvalue weighted by molar-refractivity contribution is 6.32. The normalized spacial score (nSPS) is 11.6. The second-order valence-electron chi connectivity index (χ2n) is 4.86. The lowest BCUT2D eigenvalue weighted by Crippen LogP contribution is -1.84. The van der Waals surface area contributed by atoms with Crippen LogP contribution >= 0.6 is 11.6 Å². The summed E-state index contributed by atoms with van der Waals surface area (Å²) < 4.78 is 0. The van der Waals surface area contributed by atoms with Gasteiger partial charge in [-0.25, -0.2) is 0 Å². The van der Waals surface area contributed by atoms with Crippen LogP contribution in [0, 0.1) is 18.3 Å². The third-order valence-electron chi connectivity index (χ3n) is 3.52. The molecule has 0 radical (unpaired) electrons. The Morgan fingerprint density at radius 1 is 1.14 bits per heavy atom. The van der Waals surface area contributed by atoms with Gasteiger partial charge in [0.15, 0.2) is 0 Å². The molecule has 102 valence electrons. The van der Waals surface area contributed by atoms with Crippen molar-refractivity contribution >= 4 is 34.2 Å². The van der Waals surface area contributed by atoms with Gasteiger partial charge in [0.2, 0.25) is 0 Å². The Kier molecular flexibility index (Phi) is 3.51. The minimum atomic E-state index is 0.563. The minimum Gasteiger partial charge on any atom is -0.358 e. The predicted molar refractivity (Wildman–Crippen MR) is 88.0 cm³/mol. The number of aromatic nitrogens is 1. The van der Waals surface area contributed by atoms with E-state index in [0.29, 0.717) is 10.6 Å². The van der Waals surface area contributed by atoms with Gasteiger partial charge in [-0.05, 0) is 25.1 Å². The Bertz CT molecular complexity index is 882. The summed E-state index contributed by atoms with van der Waals surface area (Å²) >= 11 is 6.20. The van der Waals surface area contributed by atoms with Crippen LogP contribution in [0.1, 0.15) is 16.8 Å². The Morgan fingerprint density at radius 3 is 2.62 bits per heavy atom. The third-order valence-corrected chi connectivity index (χ3v) is 3.85. The zero-order valence-electron chi connectivity index (χ0n) is 11.5. The van der Waals surface area contributed by atoms with Crippen molar-refractivity contribution in [3.05, 3.63) is 70.4 Å². The first kappa shape index (κ1) is 13.5. The number of halogens is 1. The maximum atomic E-state index is 9.48. The number of aryl methyl sites for hydroxylation is 1. The average molecular weight is 293 g/mol. The Balaban J connectivity index is 2.21. The summed E-state index contributed by atoms with van der Waals surface area (Å²) in [5, 5.41) is 11.2. The smallest absolute Gasteiger partial charge is 0.0998 e. The van der Waals surface area contributed by atoms with Gasteiger partial charge in [-0.3, -0.25) is 0 Å². The maximum absolute atomic E-state index is 9.48. The molecule has 3 rings (SSSR count). The summed E-state index contributed by atoms with van der Waals surface area (Å²) in [5.74, 6) is 0. The molecule has 0 atom stereocenters. The molecule has 0 unspecified atom stereocenters. The fourth-order valence-electron chi connectivity index (χ4n) is 2.48. The molecule has 0 amide bonds. The molecule has 3 heteroatoms. The van der Waals surface area contributed by atoms with Crippen molar-refractivity contribution < 1.29 is 0 Å². The number of rotatable bonds is 2. The van der Waals surface area contributed by atoms with Gasteiger partial charge in [-0.2, -0.15) is 5.26 Å². The average Bonchev–Trinajstić information content (AvgIpc) is 2.81. The molecule has 0 spiro atoms. The van der Waals surface area contributed by atoms with Gasteiger partial charge in [0.05, 0.1) is 11.6 Å². The highest BCUT2D eigenvalue weighted by Crippen LogP contribution is 2.29. The van der Waals surface area contributed by atoms with E-state index < -0.39 is 0 Å². The molecule has 2 aromatic carbocycles. The topological polar surface area (TPSA) is 39.6 Å². The number of fused-ring (bicyclic) bond motifs is 1. The van der Waals surface area contributed by atoms with Crippen LogP contribution in [0.25, 0.3) is 22.6 Å². The molecule has 1 heterocycles. The van der Waals surface area contributed by atoms with Gasteiger partial charge in [0.25, 0.3) is 0 Å². The fraction of sp³-hybridized carbons (Fsp3) is 0.0556. The first-order chi connectivity index (χ1) is 10.2. The second-order valence-corrected chi connectivity index (χ2v) is 5.27. The molecular formula is C18H13ClN2. The van der Waals surface area contributed by atoms with E-state index in [2.05, 4.69) is 11.1 Å². The zero-order valence-corrected chi connectivity index (χ0v) is 12.3. The number of hydrogen-bond donors (Lipinski definition) is 1. The number of aromatic amines is 1. The van der Waals surface area contributed by atoms with Crippen LogP contribution in [0.3, 0.4) is 0 Å².